The van der Waals surface area contributed by atoms with E-state index in [0.717, 1.165) is 24.4 Å². The van der Waals surface area contributed by atoms with Crippen LogP contribution in [0.4, 0.5) is 0 Å². The number of aromatic nitrogens is 2. The van der Waals surface area contributed by atoms with Crippen molar-refractivity contribution in [3.8, 4) is 0 Å². The summed E-state index contributed by atoms with van der Waals surface area (Å²) in [7, 11) is 0. The van der Waals surface area contributed by atoms with Gasteiger partial charge in [-0.3, -0.25) is 9.69 Å². The average Bonchev–Trinajstić information content (AvgIpc) is 3.29. The molecule has 1 unspecified atom stereocenters. The number of H-pyrrole nitrogens is 1. The van der Waals surface area contributed by atoms with E-state index < -0.39 is 0 Å². The number of nitrogens with zero attached hydrogens (tertiary/aromatic N) is 2. The lowest BCUT2D eigenvalue weighted by atomic mass is 10.1. The summed E-state index contributed by atoms with van der Waals surface area (Å²) in [6.07, 6.45) is 3.26. The monoisotopic (exact) mass is 326 g/mol. The molecule has 2 aromatic heterocycles. The summed E-state index contributed by atoms with van der Waals surface area (Å²) >= 11 is 0. The van der Waals surface area contributed by atoms with E-state index in [1.165, 1.54) is 0 Å². The minimum absolute atomic E-state index is 0.0114. The lowest BCUT2D eigenvalue weighted by Crippen LogP contribution is -2.38. The van der Waals surface area contributed by atoms with E-state index in [1.54, 1.807) is 18.7 Å². The Bertz CT molecular complexity index is 790. The van der Waals surface area contributed by atoms with E-state index in [0.29, 0.717) is 17.6 Å². The third-order valence-electron chi connectivity index (χ3n) is 4.28. The van der Waals surface area contributed by atoms with Gasteiger partial charge in [0.25, 0.3) is 5.91 Å². The Morgan fingerprint density at radius 2 is 2.12 bits per heavy atom. The first-order valence-corrected chi connectivity index (χ1v) is 8.22. The molecule has 0 aliphatic carbocycles. The number of para-hydroxylation sites is 1. The molecule has 126 valence electrons. The fourth-order valence-corrected chi connectivity index (χ4v) is 2.99. The van der Waals surface area contributed by atoms with E-state index in [4.69, 9.17) is 4.42 Å². The van der Waals surface area contributed by atoms with Gasteiger partial charge in [-0.05, 0) is 37.4 Å². The highest BCUT2D eigenvalue weighted by molar-refractivity contribution is 6.04. The zero-order chi connectivity index (χ0) is 16.9. The van der Waals surface area contributed by atoms with Gasteiger partial charge in [0.2, 0.25) is 0 Å². The Kier molecular flexibility index (Phi) is 4.96. The molecule has 0 aliphatic heterocycles. The maximum atomic E-state index is 12.6. The molecule has 0 fully saturated rings. The number of nitrogens with one attached hydrogen (secondary N) is 2. The van der Waals surface area contributed by atoms with Crippen molar-refractivity contribution in [1.29, 1.82) is 0 Å². The van der Waals surface area contributed by atoms with Crippen LogP contribution >= 0.6 is 0 Å². The molecule has 6 heteroatoms. The average molecular weight is 326 g/mol. The summed E-state index contributed by atoms with van der Waals surface area (Å²) in [4.78, 5) is 22.1. The van der Waals surface area contributed by atoms with Crippen LogP contribution in [0.1, 0.15) is 36.0 Å². The second-order valence-corrected chi connectivity index (χ2v) is 5.57. The lowest BCUT2D eigenvalue weighted by Gasteiger charge is -2.28. The van der Waals surface area contributed by atoms with Crippen LogP contribution in [0.25, 0.3) is 11.0 Å². The van der Waals surface area contributed by atoms with Gasteiger partial charge < -0.3 is 14.7 Å². The van der Waals surface area contributed by atoms with Gasteiger partial charge in [0.05, 0.1) is 29.7 Å². The molecule has 24 heavy (non-hydrogen) atoms. The highest BCUT2D eigenvalue weighted by Gasteiger charge is 2.22. The minimum atomic E-state index is -0.128. The molecule has 0 radical (unpaired) electrons. The standard InChI is InChI=1S/C18H22N4O2/c1-3-22(4-2)15(16-9-6-10-24-16)11-19-18(23)13-7-5-8-14-17(13)21-12-20-14/h5-10,12,15H,3-4,11H2,1-2H3,(H,19,23)(H,20,21). The topological polar surface area (TPSA) is 74.2 Å². The molecule has 2 N–H and O–H groups in total. The maximum Gasteiger partial charge on any atom is 0.253 e. The number of hydrogen-bond donors (Lipinski definition) is 2. The molecular formula is C18H22N4O2. The maximum absolute atomic E-state index is 12.6. The molecule has 0 saturated carbocycles. The van der Waals surface area contributed by atoms with E-state index >= 15 is 0 Å². The normalized spacial score (nSPS) is 12.6. The van der Waals surface area contributed by atoms with Crippen LogP contribution in [0.15, 0.2) is 47.3 Å². The van der Waals surface area contributed by atoms with E-state index in [-0.39, 0.29) is 11.9 Å². The van der Waals surface area contributed by atoms with Crippen molar-refractivity contribution in [2.24, 2.45) is 0 Å². The first kappa shape index (κ1) is 16.3. The number of imidazole rings is 1. The second-order valence-electron chi connectivity index (χ2n) is 5.57. The van der Waals surface area contributed by atoms with Gasteiger partial charge in [0.1, 0.15) is 11.3 Å². The highest BCUT2D eigenvalue weighted by Crippen LogP contribution is 2.21. The van der Waals surface area contributed by atoms with Gasteiger partial charge in [0.15, 0.2) is 0 Å². The Labute approximate surface area is 140 Å². The molecule has 0 spiro atoms. The Morgan fingerprint density at radius 1 is 1.29 bits per heavy atom. The second kappa shape index (κ2) is 7.31. The van der Waals surface area contributed by atoms with Crippen LogP contribution in [-0.4, -0.2) is 40.4 Å². The SMILES string of the molecule is CCN(CC)C(CNC(=O)c1cccc2[nH]cnc12)c1ccco1. The molecule has 0 aliphatic rings. The number of carbonyl (C=O) groups excluding carboxylic acids is 1. The van der Waals surface area contributed by atoms with Gasteiger partial charge >= 0.3 is 0 Å². The quantitative estimate of drug-likeness (QED) is 0.700. The Hall–Kier alpha value is -2.60. The predicted molar refractivity (Wildman–Crippen MR) is 92.8 cm³/mol. The molecule has 1 aromatic carbocycles. The van der Waals surface area contributed by atoms with E-state index in [9.17, 15) is 4.79 Å². The van der Waals surface area contributed by atoms with Gasteiger partial charge in [-0.15, -0.1) is 0 Å². The molecular weight excluding hydrogens is 304 g/mol. The van der Waals surface area contributed by atoms with Crippen LogP contribution < -0.4 is 5.32 Å². The first-order chi connectivity index (χ1) is 11.7. The number of aromatic amines is 1. The fraction of sp³-hybridized carbons (Fsp3) is 0.333. The smallest absolute Gasteiger partial charge is 0.253 e. The predicted octanol–water partition coefficient (Wildman–Crippen LogP) is 2.97. The Morgan fingerprint density at radius 3 is 2.83 bits per heavy atom. The third kappa shape index (κ3) is 3.19. The summed E-state index contributed by atoms with van der Waals surface area (Å²) in [6, 6.07) is 9.38. The van der Waals surface area contributed by atoms with E-state index in [2.05, 4.69) is 34.0 Å². The summed E-state index contributed by atoms with van der Waals surface area (Å²) in [5.41, 5.74) is 2.12. The first-order valence-electron chi connectivity index (χ1n) is 8.22. The van der Waals surface area contributed by atoms with Gasteiger partial charge in [-0.25, -0.2) is 4.98 Å². The number of amides is 1. The highest BCUT2D eigenvalue weighted by atomic mass is 16.3. The third-order valence-corrected chi connectivity index (χ3v) is 4.28. The van der Waals surface area contributed by atoms with Crippen LogP contribution in [-0.2, 0) is 0 Å². The van der Waals surface area contributed by atoms with E-state index in [1.807, 2.05) is 24.3 Å². The summed E-state index contributed by atoms with van der Waals surface area (Å²) in [6.45, 7) is 6.45. The summed E-state index contributed by atoms with van der Waals surface area (Å²) in [5.74, 6) is 0.730. The molecule has 3 aromatic rings. The van der Waals surface area contributed by atoms with Crippen molar-refractivity contribution >= 4 is 16.9 Å². The lowest BCUT2D eigenvalue weighted by molar-refractivity contribution is 0.0931. The number of fused-ring (bicyclic) bond motifs is 1. The number of hydrogen-bond acceptors (Lipinski definition) is 4. The van der Waals surface area contributed by atoms with Crippen molar-refractivity contribution < 1.29 is 9.21 Å². The molecule has 0 saturated heterocycles. The number of likely N-dealkylation sites (N-methyl/N-ethyl adjacent to an activating group) is 1. The molecule has 1 amide bonds. The number of carbonyl (C=O) groups is 1. The molecule has 6 nitrogen and oxygen atoms in total. The Balaban J connectivity index is 1.77. The number of benzene rings is 1. The minimum Gasteiger partial charge on any atom is -0.468 e. The number of rotatable bonds is 7. The van der Waals surface area contributed by atoms with Gasteiger partial charge in [-0.1, -0.05) is 19.9 Å². The summed E-state index contributed by atoms with van der Waals surface area (Å²) < 4.78 is 5.57. The fourth-order valence-electron chi connectivity index (χ4n) is 2.99. The van der Waals surface area contributed by atoms with Crippen molar-refractivity contribution in [2.45, 2.75) is 19.9 Å². The summed E-state index contributed by atoms with van der Waals surface area (Å²) in [5, 5.41) is 3.02. The zero-order valence-electron chi connectivity index (χ0n) is 14.0. The molecule has 1 atom stereocenters. The zero-order valence-corrected chi connectivity index (χ0v) is 14.0. The molecule has 3 rings (SSSR count). The van der Waals surface area contributed by atoms with Crippen molar-refractivity contribution in [3.63, 3.8) is 0 Å². The molecule has 0 bridgehead atoms. The largest absolute Gasteiger partial charge is 0.468 e. The van der Waals surface area contributed by atoms with Gasteiger partial charge in [-0.2, -0.15) is 0 Å². The van der Waals surface area contributed by atoms with Crippen molar-refractivity contribution in [2.75, 3.05) is 19.6 Å². The van der Waals surface area contributed by atoms with Crippen molar-refractivity contribution in [3.05, 3.63) is 54.2 Å². The van der Waals surface area contributed by atoms with Gasteiger partial charge in [0, 0.05) is 6.54 Å². The van der Waals surface area contributed by atoms with Crippen LogP contribution in [0.3, 0.4) is 0 Å². The van der Waals surface area contributed by atoms with Crippen LogP contribution in [0.5, 0.6) is 0 Å². The van der Waals surface area contributed by atoms with Crippen LogP contribution in [0, 0.1) is 0 Å². The van der Waals surface area contributed by atoms with Crippen LogP contribution in [0.2, 0.25) is 0 Å². The number of furan rings is 1. The van der Waals surface area contributed by atoms with Crippen molar-refractivity contribution in [1.82, 2.24) is 20.2 Å². The molecule has 2 heterocycles.